The first kappa shape index (κ1) is 17.3. The maximum absolute atomic E-state index is 10.5. The van der Waals surface area contributed by atoms with Crippen LogP contribution in [0.1, 0.15) is 12.7 Å². The lowest BCUT2D eigenvalue weighted by Crippen LogP contribution is -2.26. The molecule has 2 N–H and O–H groups in total. The van der Waals surface area contributed by atoms with E-state index in [9.17, 15) is 10.1 Å². The standard InChI is InChI=1S/C14H12ClN5O4/c1-9(14(19-21)17-11-4-2-3-10(15)7-11)18-16-8-12-5-6-13(24-12)20(22)23/h2-8,21H,1H3,(H,17,19). The van der Waals surface area contributed by atoms with Gasteiger partial charge < -0.3 is 4.42 Å². The molecule has 0 unspecified atom stereocenters. The van der Waals surface area contributed by atoms with Gasteiger partial charge >= 0.3 is 5.88 Å². The summed E-state index contributed by atoms with van der Waals surface area (Å²) < 4.78 is 4.89. The number of nitrogens with one attached hydrogen (secondary N) is 1. The zero-order valence-electron chi connectivity index (χ0n) is 12.4. The van der Waals surface area contributed by atoms with Crippen LogP contribution < -0.4 is 5.48 Å². The average molecular weight is 350 g/mol. The molecule has 2 aromatic rings. The van der Waals surface area contributed by atoms with E-state index in [0.29, 0.717) is 10.7 Å². The summed E-state index contributed by atoms with van der Waals surface area (Å²) in [5, 5.41) is 27.7. The van der Waals surface area contributed by atoms with Crippen molar-refractivity contribution in [2.45, 2.75) is 6.92 Å². The molecule has 0 aliphatic carbocycles. The second kappa shape index (κ2) is 7.99. The predicted octanol–water partition coefficient (Wildman–Crippen LogP) is 3.35. The van der Waals surface area contributed by atoms with Gasteiger partial charge in [-0.2, -0.15) is 10.2 Å². The minimum absolute atomic E-state index is 0.0693. The highest BCUT2D eigenvalue weighted by atomic mass is 35.5. The molecule has 0 radical (unpaired) electrons. The van der Waals surface area contributed by atoms with E-state index < -0.39 is 10.8 Å². The van der Waals surface area contributed by atoms with E-state index in [2.05, 4.69) is 15.2 Å². The van der Waals surface area contributed by atoms with Gasteiger partial charge in [-0.05, 0) is 31.2 Å². The first-order chi connectivity index (χ1) is 11.5. The summed E-state index contributed by atoms with van der Waals surface area (Å²) in [6, 6.07) is 9.31. The number of hydrogen-bond acceptors (Lipinski definition) is 7. The molecule has 0 amide bonds. The Labute approximate surface area is 141 Å². The third kappa shape index (κ3) is 4.73. The fraction of sp³-hybridized carbons (Fsp3) is 0.0714. The normalized spacial score (nSPS) is 12.6. The maximum Gasteiger partial charge on any atom is 0.433 e. The summed E-state index contributed by atoms with van der Waals surface area (Å²) in [6.07, 6.45) is 1.20. The van der Waals surface area contributed by atoms with Gasteiger partial charge in [-0.15, -0.1) is 0 Å². The summed E-state index contributed by atoms with van der Waals surface area (Å²) in [4.78, 5) is 14.0. The van der Waals surface area contributed by atoms with Gasteiger partial charge in [0, 0.05) is 5.02 Å². The molecule has 0 bridgehead atoms. The van der Waals surface area contributed by atoms with Crippen molar-refractivity contribution in [3.05, 3.63) is 57.3 Å². The van der Waals surface area contributed by atoms with Crippen LogP contribution in [0.15, 0.2) is 56.0 Å². The minimum atomic E-state index is -0.655. The molecule has 0 saturated heterocycles. The third-order valence-corrected chi connectivity index (χ3v) is 2.92. The molecule has 0 saturated carbocycles. The summed E-state index contributed by atoms with van der Waals surface area (Å²) in [6.45, 7) is 1.56. The van der Waals surface area contributed by atoms with E-state index in [1.54, 1.807) is 31.2 Å². The van der Waals surface area contributed by atoms with Gasteiger partial charge in [0.2, 0.25) is 0 Å². The third-order valence-electron chi connectivity index (χ3n) is 2.68. The number of furan rings is 1. The number of halogens is 1. The molecule has 0 fully saturated rings. The second-order valence-corrected chi connectivity index (χ2v) is 4.85. The zero-order chi connectivity index (χ0) is 17.5. The Morgan fingerprint density at radius 3 is 2.83 bits per heavy atom. The predicted molar refractivity (Wildman–Crippen MR) is 89.5 cm³/mol. The number of nitrogens with zero attached hydrogens (tertiary/aromatic N) is 4. The van der Waals surface area contributed by atoms with Crippen LogP contribution >= 0.6 is 11.6 Å². The fourth-order valence-corrected chi connectivity index (χ4v) is 1.78. The number of rotatable bonds is 5. The Morgan fingerprint density at radius 2 is 2.21 bits per heavy atom. The molecule has 10 heteroatoms. The highest BCUT2D eigenvalue weighted by molar-refractivity contribution is 6.40. The number of nitro groups is 1. The lowest BCUT2D eigenvalue weighted by molar-refractivity contribution is -0.402. The molecule has 1 aromatic carbocycles. The van der Waals surface area contributed by atoms with Crippen LogP contribution in [0.5, 0.6) is 0 Å². The SMILES string of the molecule is CC(=NN=Cc1ccc([N+](=O)[O-])o1)C(=Nc1cccc(Cl)c1)NO. The van der Waals surface area contributed by atoms with Crippen molar-refractivity contribution >= 4 is 40.9 Å². The first-order valence-corrected chi connectivity index (χ1v) is 6.94. The van der Waals surface area contributed by atoms with Crippen molar-refractivity contribution in [3.8, 4) is 0 Å². The van der Waals surface area contributed by atoms with E-state index in [4.69, 9.17) is 21.2 Å². The zero-order valence-corrected chi connectivity index (χ0v) is 13.1. The van der Waals surface area contributed by atoms with Crippen LogP contribution in [0.3, 0.4) is 0 Å². The van der Waals surface area contributed by atoms with Gasteiger partial charge in [0.05, 0.1) is 18.0 Å². The van der Waals surface area contributed by atoms with E-state index in [1.165, 1.54) is 18.3 Å². The van der Waals surface area contributed by atoms with Crippen molar-refractivity contribution < 1.29 is 14.5 Å². The molecule has 2 rings (SSSR count). The quantitative estimate of drug-likeness (QED) is 0.370. The van der Waals surface area contributed by atoms with Gasteiger partial charge in [0.25, 0.3) is 0 Å². The first-order valence-electron chi connectivity index (χ1n) is 6.56. The molecule has 0 aliphatic rings. The summed E-state index contributed by atoms with van der Waals surface area (Å²) in [5.41, 5.74) is 2.71. The van der Waals surface area contributed by atoms with Crippen molar-refractivity contribution in [2.75, 3.05) is 0 Å². The molecule has 0 atom stereocenters. The Morgan fingerprint density at radius 1 is 1.42 bits per heavy atom. The Bertz CT molecular complexity index is 828. The van der Waals surface area contributed by atoms with Crippen LogP contribution in [0.2, 0.25) is 5.02 Å². The molecule has 1 heterocycles. The highest BCUT2D eigenvalue weighted by Gasteiger charge is 2.10. The van der Waals surface area contributed by atoms with Crippen LogP contribution in [-0.4, -0.2) is 27.9 Å². The van der Waals surface area contributed by atoms with Gasteiger partial charge in [-0.25, -0.2) is 4.99 Å². The molecule has 124 valence electrons. The fourth-order valence-electron chi connectivity index (χ4n) is 1.59. The van der Waals surface area contributed by atoms with E-state index in [0.717, 1.165) is 0 Å². The molecular formula is C14H12ClN5O4. The van der Waals surface area contributed by atoms with Crippen LogP contribution in [0.25, 0.3) is 0 Å². The monoisotopic (exact) mass is 349 g/mol. The smallest absolute Gasteiger partial charge is 0.400 e. The van der Waals surface area contributed by atoms with E-state index in [1.807, 2.05) is 5.48 Å². The Balaban J connectivity index is 2.14. The molecule has 9 nitrogen and oxygen atoms in total. The molecule has 0 aliphatic heterocycles. The van der Waals surface area contributed by atoms with Gasteiger partial charge in [0.1, 0.15) is 10.6 Å². The van der Waals surface area contributed by atoms with Crippen molar-refractivity contribution in [2.24, 2.45) is 15.2 Å². The van der Waals surface area contributed by atoms with E-state index >= 15 is 0 Å². The summed E-state index contributed by atoms with van der Waals surface area (Å²) in [5.74, 6) is -0.152. The number of benzene rings is 1. The lowest BCUT2D eigenvalue weighted by Gasteiger charge is -2.03. The van der Waals surface area contributed by atoms with Gasteiger partial charge in [-0.1, -0.05) is 17.7 Å². The Hall–Kier alpha value is -3.04. The van der Waals surface area contributed by atoms with Crippen molar-refractivity contribution in [3.63, 3.8) is 0 Å². The summed E-state index contributed by atoms with van der Waals surface area (Å²) >= 11 is 5.86. The number of hydroxylamine groups is 1. The number of amidine groups is 1. The lowest BCUT2D eigenvalue weighted by atomic mass is 10.3. The Kier molecular flexibility index (Phi) is 5.77. The van der Waals surface area contributed by atoms with Crippen LogP contribution in [-0.2, 0) is 0 Å². The van der Waals surface area contributed by atoms with Gasteiger partial charge in [-0.3, -0.25) is 20.8 Å². The van der Waals surface area contributed by atoms with Crippen LogP contribution in [0, 0.1) is 10.1 Å². The maximum atomic E-state index is 10.5. The highest BCUT2D eigenvalue weighted by Crippen LogP contribution is 2.18. The van der Waals surface area contributed by atoms with Crippen LogP contribution in [0.4, 0.5) is 11.6 Å². The molecule has 24 heavy (non-hydrogen) atoms. The molecule has 0 spiro atoms. The van der Waals surface area contributed by atoms with Crippen molar-refractivity contribution in [1.29, 1.82) is 0 Å². The van der Waals surface area contributed by atoms with Gasteiger partial charge in [0.15, 0.2) is 11.6 Å². The number of aliphatic imine (C=N–C) groups is 1. The molecular weight excluding hydrogens is 338 g/mol. The van der Waals surface area contributed by atoms with Crippen molar-refractivity contribution in [1.82, 2.24) is 5.48 Å². The largest absolute Gasteiger partial charge is 0.433 e. The average Bonchev–Trinajstić information content (AvgIpc) is 3.01. The number of hydrogen-bond donors (Lipinski definition) is 2. The summed E-state index contributed by atoms with van der Waals surface area (Å²) in [7, 11) is 0. The molecule has 1 aromatic heterocycles. The second-order valence-electron chi connectivity index (χ2n) is 4.42. The topological polar surface area (TPSA) is 126 Å². The van der Waals surface area contributed by atoms with E-state index in [-0.39, 0.29) is 17.3 Å². The minimum Gasteiger partial charge on any atom is -0.400 e.